The molecule has 0 saturated heterocycles. The number of hydrogen-bond donors (Lipinski definition) is 0. The third-order valence-corrected chi connectivity index (χ3v) is 3.82. The van der Waals surface area contributed by atoms with Gasteiger partial charge in [0.2, 0.25) is 0 Å². The van der Waals surface area contributed by atoms with Crippen molar-refractivity contribution in [1.29, 1.82) is 0 Å². The molecule has 0 unspecified atom stereocenters. The van der Waals surface area contributed by atoms with Crippen molar-refractivity contribution in [1.82, 2.24) is 0 Å². The number of methoxy groups -OCH3 is 1. The molecular formula is C15H13NO3. The molecule has 1 aliphatic carbocycles. The minimum Gasteiger partial charge on any atom is -0.496 e. The summed E-state index contributed by atoms with van der Waals surface area (Å²) in [5.41, 5.74) is 2.97. The standard InChI is InChI=1S/C15H13NO3/c1-8-6-7-11-13-14(16-19-15(8)13)12-9(17-2)4-3-5-10(12)18-11/h3-7,13,15H,1-2H3/t13-,15-/m0/s1. The summed E-state index contributed by atoms with van der Waals surface area (Å²) in [6.45, 7) is 2.05. The van der Waals surface area contributed by atoms with E-state index in [1.807, 2.05) is 37.3 Å². The Morgan fingerprint density at radius 3 is 3.00 bits per heavy atom. The van der Waals surface area contributed by atoms with E-state index in [1.54, 1.807) is 7.11 Å². The fourth-order valence-electron chi connectivity index (χ4n) is 2.86. The van der Waals surface area contributed by atoms with Gasteiger partial charge in [-0.2, -0.15) is 0 Å². The van der Waals surface area contributed by atoms with Crippen molar-refractivity contribution < 1.29 is 14.3 Å². The van der Waals surface area contributed by atoms with Gasteiger partial charge in [-0.25, -0.2) is 0 Å². The molecule has 1 aromatic carbocycles. The van der Waals surface area contributed by atoms with Gasteiger partial charge in [0.15, 0.2) is 6.10 Å². The third-order valence-electron chi connectivity index (χ3n) is 3.82. The molecule has 0 N–H and O–H groups in total. The molecule has 0 saturated carbocycles. The molecule has 2 atom stereocenters. The van der Waals surface area contributed by atoms with E-state index in [0.29, 0.717) is 0 Å². The van der Waals surface area contributed by atoms with Crippen molar-refractivity contribution >= 4 is 5.71 Å². The second-order valence-corrected chi connectivity index (χ2v) is 4.90. The highest BCUT2D eigenvalue weighted by atomic mass is 16.6. The molecule has 0 amide bonds. The van der Waals surface area contributed by atoms with Gasteiger partial charge in [-0.1, -0.05) is 17.3 Å². The summed E-state index contributed by atoms with van der Waals surface area (Å²) in [6.07, 6.45) is 3.98. The number of rotatable bonds is 1. The van der Waals surface area contributed by atoms with Crippen LogP contribution in [0.15, 0.2) is 46.8 Å². The van der Waals surface area contributed by atoms with E-state index in [9.17, 15) is 0 Å². The van der Waals surface area contributed by atoms with Crippen molar-refractivity contribution in [3.05, 3.63) is 47.2 Å². The summed E-state index contributed by atoms with van der Waals surface area (Å²) in [4.78, 5) is 5.58. The third kappa shape index (κ3) is 1.31. The molecule has 1 aromatic rings. The summed E-state index contributed by atoms with van der Waals surface area (Å²) in [5, 5.41) is 4.28. The summed E-state index contributed by atoms with van der Waals surface area (Å²) in [7, 11) is 1.65. The highest BCUT2D eigenvalue weighted by molar-refractivity contribution is 6.10. The fraction of sp³-hybridized carbons (Fsp3) is 0.267. The van der Waals surface area contributed by atoms with Crippen LogP contribution in [0.4, 0.5) is 0 Å². The Morgan fingerprint density at radius 2 is 2.16 bits per heavy atom. The largest absolute Gasteiger partial charge is 0.496 e. The van der Waals surface area contributed by atoms with Gasteiger partial charge in [-0.05, 0) is 30.7 Å². The smallest absolute Gasteiger partial charge is 0.164 e. The van der Waals surface area contributed by atoms with Crippen molar-refractivity contribution in [2.45, 2.75) is 13.0 Å². The Morgan fingerprint density at radius 1 is 1.26 bits per heavy atom. The van der Waals surface area contributed by atoms with E-state index in [4.69, 9.17) is 14.3 Å². The molecule has 0 aromatic heterocycles. The van der Waals surface area contributed by atoms with Gasteiger partial charge < -0.3 is 14.3 Å². The van der Waals surface area contributed by atoms with E-state index < -0.39 is 0 Å². The average molecular weight is 255 g/mol. The van der Waals surface area contributed by atoms with Gasteiger partial charge in [0.25, 0.3) is 0 Å². The minimum atomic E-state index is -0.0481. The number of oxime groups is 1. The van der Waals surface area contributed by atoms with Gasteiger partial charge in [0.1, 0.15) is 28.9 Å². The van der Waals surface area contributed by atoms with Gasteiger partial charge in [0, 0.05) is 0 Å². The molecule has 19 heavy (non-hydrogen) atoms. The Bertz CT molecular complexity index is 657. The first kappa shape index (κ1) is 10.7. The predicted octanol–water partition coefficient (Wildman–Crippen LogP) is 2.65. The van der Waals surface area contributed by atoms with E-state index >= 15 is 0 Å². The van der Waals surface area contributed by atoms with Crippen LogP contribution in [0.1, 0.15) is 12.5 Å². The second kappa shape index (κ2) is 3.63. The number of nitrogens with zero attached hydrogens (tertiary/aromatic N) is 1. The normalized spacial score (nSPS) is 26.1. The number of ether oxygens (including phenoxy) is 2. The van der Waals surface area contributed by atoms with Crippen LogP contribution in [-0.4, -0.2) is 18.9 Å². The lowest BCUT2D eigenvalue weighted by Crippen LogP contribution is -2.34. The maximum Gasteiger partial charge on any atom is 0.164 e. The molecule has 0 radical (unpaired) electrons. The van der Waals surface area contributed by atoms with Gasteiger partial charge in [-0.15, -0.1) is 0 Å². The molecule has 4 heteroatoms. The average Bonchev–Trinajstić information content (AvgIpc) is 2.88. The molecule has 4 rings (SSSR count). The van der Waals surface area contributed by atoms with Crippen LogP contribution in [0.25, 0.3) is 0 Å². The van der Waals surface area contributed by atoms with Crippen LogP contribution >= 0.6 is 0 Å². The molecule has 4 nitrogen and oxygen atoms in total. The van der Waals surface area contributed by atoms with Crippen molar-refractivity contribution in [3.63, 3.8) is 0 Å². The molecule has 2 aliphatic heterocycles. The van der Waals surface area contributed by atoms with E-state index in [1.165, 1.54) is 0 Å². The Kier molecular flexibility index (Phi) is 2.04. The van der Waals surface area contributed by atoms with Crippen LogP contribution in [0.5, 0.6) is 11.5 Å². The van der Waals surface area contributed by atoms with Crippen LogP contribution in [0.2, 0.25) is 0 Å². The second-order valence-electron chi connectivity index (χ2n) is 4.90. The number of benzene rings is 1. The SMILES string of the molecule is COc1cccc2c1C1=NO[C@H]3C(C)=CC=C(O2)[C@@H]13. The van der Waals surface area contributed by atoms with Crippen LogP contribution in [-0.2, 0) is 4.84 Å². The van der Waals surface area contributed by atoms with Gasteiger partial charge in [0.05, 0.1) is 12.7 Å². The molecule has 2 heterocycles. The van der Waals surface area contributed by atoms with Gasteiger partial charge >= 0.3 is 0 Å². The first-order valence-corrected chi connectivity index (χ1v) is 6.27. The van der Waals surface area contributed by atoms with Crippen LogP contribution < -0.4 is 9.47 Å². The Labute approximate surface area is 111 Å². The lowest BCUT2D eigenvalue weighted by molar-refractivity contribution is 0.0860. The lowest BCUT2D eigenvalue weighted by atomic mass is 9.82. The molecule has 0 fully saturated rings. The fourth-order valence-corrected chi connectivity index (χ4v) is 2.86. The summed E-state index contributed by atoms with van der Waals surface area (Å²) in [6, 6.07) is 5.75. The van der Waals surface area contributed by atoms with Crippen molar-refractivity contribution in [2.24, 2.45) is 11.1 Å². The first-order chi connectivity index (χ1) is 9.29. The minimum absolute atomic E-state index is 0.0481. The summed E-state index contributed by atoms with van der Waals surface area (Å²) < 4.78 is 11.4. The monoisotopic (exact) mass is 255 g/mol. The van der Waals surface area contributed by atoms with E-state index in [0.717, 1.165) is 34.1 Å². The highest BCUT2D eigenvalue weighted by Crippen LogP contribution is 2.45. The van der Waals surface area contributed by atoms with Crippen LogP contribution in [0.3, 0.4) is 0 Å². The zero-order valence-electron chi connectivity index (χ0n) is 10.7. The lowest BCUT2D eigenvalue weighted by Gasteiger charge is -2.30. The molecule has 0 bridgehead atoms. The van der Waals surface area contributed by atoms with Crippen molar-refractivity contribution in [3.8, 4) is 11.5 Å². The zero-order chi connectivity index (χ0) is 13.0. The molecule has 96 valence electrons. The topological polar surface area (TPSA) is 40.0 Å². The highest BCUT2D eigenvalue weighted by Gasteiger charge is 2.46. The predicted molar refractivity (Wildman–Crippen MR) is 70.4 cm³/mol. The van der Waals surface area contributed by atoms with E-state index in [-0.39, 0.29) is 12.0 Å². The maximum absolute atomic E-state index is 5.98. The van der Waals surface area contributed by atoms with Gasteiger partial charge in [-0.3, -0.25) is 0 Å². The number of allylic oxidation sites excluding steroid dienone is 2. The van der Waals surface area contributed by atoms with E-state index in [2.05, 4.69) is 5.16 Å². The number of hydrogen-bond acceptors (Lipinski definition) is 4. The molecule has 3 aliphatic rings. The zero-order valence-corrected chi connectivity index (χ0v) is 10.7. The first-order valence-electron chi connectivity index (χ1n) is 6.27. The molecule has 0 spiro atoms. The van der Waals surface area contributed by atoms with Crippen LogP contribution in [0, 0.1) is 5.92 Å². The molecular weight excluding hydrogens is 242 g/mol. The Balaban J connectivity index is 1.94. The summed E-state index contributed by atoms with van der Waals surface area (Å²) >= 11 is 0. The maximum atomic E-state index is 5.98. The quantitative estimate of drug-likeness (QED) is 0.774. The Hall–Kier alpha value is -2.23. The summed E-state index contributed by atoms with van der Waals surface area (Å²) in [5.74, 6) is 2.49. The number of fused-ring (bicyclic) bond motifs is 2. The van der Waals surface area contributed by atoms with Crippen molar-refractivity contribution in [2.75, 3.05) is 7.11 Å².